The minimum Gasteiger partial charge on any atom is -0.451 e. The molecule has 0 saturated carbocycles. The summed E-state index contributed by atoms with van der Waals surface area (Å²) in [4.78, 5) is 13.9. The first-order valence-electron chi connectivity index (χ1n) is 6.72. The van der Waals surface area contributed by atoms with Crippen molar-refractivity contribution in [1.82, 2.24) is 4.90 Å². The molecule has 0 atom stereocenters. The molecule has 1 amide bonds. The minimum absolute atomic E-state index is 0.239. The molecule has 0 aliphatic carbocycles. The van der Waals surface area contributed by atoms with Crippen LogP contribution in [0.5, 0.6) is 0 Å². The number of benzene rings is 2. The van der Waals surface area contributed by atoms with E-state index in [4.69, 9.17) is 4.42 Å². The number of nitrogens with zero attached hydrogens (tertiary/aromatic N) is 1. The van der Waals surface area contributed by atoms with E-state index >= 15 is 0 Å². The number of amides is 1. The van der Waals surface area contributed by atoms with Crippen molar-refractivity contribution in [3.8, 4) is 0 Å². The van der Waals surface area contributed by atoms with Gasteiger partial charge in [0.15, 0.2) is 5.76 Å². The van der Waals surface area contributed by atoms with Crippen molar-refractivity contribution in [2.45, 2.75) is 6.54 Å². The SMILES string of the molecule is CN(Cc1cccc(F)c1)C(=O)c1cc2cc(Br)ccc2o1. The van der Waals surface area contributed by atoms with Crippen molar-refractivity contribution in [3.05, 3.63) is 70.1 Å². The number of carbonyl (C=O) groups is 1. The summed E-state index contributed by atoms with van der Waals surface area (Å²) in [5.74, 6) is -0.282. The summed E-state index contributed by atoms with van der Waals surface area (Å²) in [6.45, 7) is 0.317. The van der Waals surface area contributed by atoms with Gasteiger partial charge >= 0.3 is 0 Å². The van der Waals surface area contributed by atoms with E-state index in [2.05, 4.69) is 15.9 Å². The van der Waals surface area contributed by atoms with E-state index in [-0.39, 0.29) is 17.5 Å². The average molecular weight is 362 g/mol. The van der Waals surface area contributed by atoms with Gasteiger partial charge < -0.3 is 9.32 Å². The van der Waals surface area contributed by atoms with Gasteiger partial charge in [-0.25, -0.2) is 4.39 Å². The predicted molar refractivity (Wildman–Crippen MR) is 86.1 cm³/mol. The molecular weight excluding hydrogens is 349 g/mol. The van der Waals surface area contributed by atoms with E-state index in [1.165, 1.54) is 17.0 Å². The van der Waals surface area contributed by atoms with Crippen LogP contribution in [0.3, 0.4) is 0 Å². The summed E-state index contributed by atoms with van der Waals surface area (Å²) in [5, 5.41) is 0.858. The van der Waals surface area contributed by atoms with Crippen molar-refractivity contribution in [3.63, 3.8) is 0 Å². The lowest BCUT2D eigenvalue weighted by Gasteiger charge is -2.15. The number of carbonyl (C=O) groups excluding carboxylic acids is 1. The van der Waals surface area contributed by atoms with Crippen LogP contribution < -0.4 is 0 Å². The fraction of sp³-hybridized carbons (Fsp3) is 0.118. The molecule has 3 aromatic rings. The quantitative estimate of drug-likeness (QED) is 0.682. The Bertz CT molecular complexity index is 844. The van der Waals surface area contributed by atoms with Gasteiger partial charge in [0.25, 0.3) is 5.91 Å². The van der Waals surface area contributed by atoms with Crippen molar-refractivity contribution < 1.29 is 13.6 Å². The third-order valence-corrected chi connectivity index (χ3v) is 3.84. The average Bonchev–Trinajstić information content (AvgIpc) is 2.89. The molecule has 0 spiro atoms. The second-order valence-electron chi connectivity index (χ2n) is 5.08. The lowest BCUT2D eigenvalue weighted by molar-refractivity contribution is 0.0755. The van der Waals surface area contributed by atoms with Crippen LogP contribution in [0.15, 0.2) is 57.4 Å². The molecular formula is C17H13BrFNO2. The van der Waals surface area contributed by atoms with Gasteiger partial charge in [0.1, 0.15) is 11.4 Å². The van der Waals surface area contributed by atoms with Crippen LogP contribution in [-0.2, 0) is 6.54 Å². The van der Waals surface area contributed by atoms with Crippen LogP contribution in [0.4, 0.5) is 4.39 Å². The Morgan fingerprint density at radius 3 is 2.82 bits per heavy atom. The van der Waals surface area contributed by atoms with Gasteiger partial charge in [-0.2, -0.15) is 0 Å². The highest BCUT2D eigenvalue weighted by Crippen LogP contribution is 2.24. The first-order valence-corrected chi connectivity index (χ1v) is 7.51. The van der Waals surface area contributed by atoms with E-state index in [0.717, 1.165) is 15.4 Å². The molecule has 0 bridgehead atoms. The second-order valence-corrected chi connectivity index (χ2v) is 6.00. The van der Waals surface area contributed by atoms with Gasteiger partial charge in [0, 0.05) is 23.5 Å². The Kier molecular flexibility index (Phi) is 3.98. The van der Waals surface area contributed by atoms with Gasteiger partial charge in [-0.1, -0.05) is 28.1 Å². The monoisotopic (exact) mass is 361 g/mol. The molecule has 2 aromatic carbocycles. The zero-order valence-electron chi connectivity index (χ0n) is 11.8. The van der Waals surface area contributed by atoms with Crippen LogP contribution in [0, 0.1) is 5.82 Å². The third kappa shape index (κ3) is 3.04. The molecule has 1 heterocycles. The van der Waals surface area contributed by atoms with E-state index in [0.29, 0.717) is 12.1 Å². The molecule has 0 saturated heterocycles. The topological polar surface area (TPSA) is 33.5 Å². The summed E-state index contributed by atoms with van der Waals surface area (Å²) in [6, 6.07) is 13.5. The van der Waals surface area contributed by atoms with Gasteiger partial charge in [-0.05, 0) is 42.0 Å². The van der Waals surface area contributed by atoms with E-state index in [9.17, 15) is 9.18 Å². The van der Waals surface area contributed by atoms with Crippen molar-refractivity contribution >= 4 is 32.8 Å². The molecule has 0 unspecified atom stereocenters. The summed E-state index contributed by atoms with van der Waals surface area (Å²) in [6.07, 6.45) is 0. The molecule has 5 heteroatoms. The largest absolute Gasteiger partial charge is 0.451 e. The van der Waals surface area contributed by atoms with Crippen LogP contribution >= 0.6 is 15.9 Å². The number of halogens is 2. The standard InChI is InChI=1S/C17H13BrFNO2/c1-20(10-11-3-2-4-14(19)7-11)17(21)16-9-12-8-13(18)5-6-15(12)22-16/h2-9H,10H2,1H3. The highest BCUT2D eigenvalue weighted by Gasteiger charge is 2.17. The van der Waals surface area contributed by atoms with Gasteiger partial charge in [0.2, 0.25) is 0 Å². The Morgan fingerprint density at radius 1 is 1.23 bits per heavy atom. The molecule has 0 N–H and O–H groups in total. The van der Waals surface area contributed by atoms with E-state index < -0.39 is 0 Å². The fourth-order valence-electron chi connectivity index (χ4n) is 2.29. The number of fused-ring (bicyclic) bond motifs is 1. The molecule has 0 aliphatic rings. The lowest BCUT2D eigenvalue weighted by atomic mass is 10.2. The van der Waals surface area contributed by atoms with Crippen LogP contribution in [-0.4, -0.2) is 17.9 Å². The first kappa shape index (κ1) is 14.8. The molecule has 22 heavy (non-hydrogen) atoms. The third-order valence-electron chi connectivity index (χ3n) is 3.34. The van der Waals surface area contributed by atoms with E-state index in [1.807, 2.05) is 18.2 Å². The zero-order valence-corrected chi connectivity index (χ0v) is 13.4. The molecule has 0 fully saturated rings. The van der Waals surface area contributed by atoms with Crippen LogP contribution in [0.25, 0.3) is 11.0 Å². The maximum absolute atomic E-state index is 13.2. The molecule has 3 nitrogen and oxygen atoms in total. The Hall–Kier alpha value is -2.14. The molecule has 0 aliphatic heterocycles. The summed E-state index contributed by atoms with van der Waals surface area (Å²) < 4.78 is 19.7. The number of hydrogen-bond donors (Lipinski definition) is 0. The normalized spacial score (nSPS) is 10.9. The van der Waals surface area contributed by atoms with Crippen molar-refractivity contribution in [1.29, 1.82) is 0 Å². The number of furan rings is 1. The second kappa shape index (κ2) is 5.93. The maximum atomic E-state index is 13.2. The molecule has 3 rings (SSSR count). The van der Waals surface area contributed by atoms with Gasteiger partial charge in [0.05, 0.1) is 0 Å². The Morgan fingerprint density at radius 2 is 2.05 bits per heavy atom. The van der Waals surface area contributed by atoms with Gasteiger partial charge in [-0.15, -0.1) is 0 Å². The summed E-state index contributed by atoms with van der Waals surface area (Å²) in [5.41, 5.74) is 1.39. The smallest absolute Gasteiger partial charge is 0.289 e. The highest BCUT2D eigenvalue weighted by molar-refractivity contribution is 9.10. The van der Waals surface area contributed by atoms with Crippen LogP contribution in [0.2, 0.25) is 0 Å². The molecule has 1 aromatic heterocycles. The van der Waals surface area contributed by atoms with E-state index in [1.54, 1.807) is 25.2 Å². The molecule has 0 radical (unpaired) electrons. The predicted octanol–water partition coefficient (Wildman–Crippen LogP) is 4.61. The van der Waals surface area contributed by atoms with Crippen molar-refractivity contribution in [2.24, 2.45) is 0 Å². The van der Waals surface area contributed by atoms with Crippen LogP contribution in [0.1, 0.15) is 16.1 Å². The number of hydrogen-bond acceptors (Lipinski definition) is 2. The molecule has 112 valence electrons. The maximum Gasteiger partial charge on any atom is 0.289 e. The van der Waals surface area contributed by atoms with Gasteiger partial charge in [-0.3, -0.25) is 4.79 Å². The summed E-state index contributed by atoms with van der Waals surface area (Å²) in [7, 11) is 1.66. The Labute approximate surface area is 135 Å². The fourth-order valence-corrected chi connectivity index (χ4v) is 2.67. The Balaban J connectivity index is 1.82. The lowest BCUT2D eigenvalue weighted by Crippen LogP contribution is -2.25. The number of rotatable bonds is 3. The zero-order chi connectivity index (χ0) is 15.7. The summed E-state index contributed by atoms with van der Waals surface area (Å²) >= 11 is 3.39. The minimum atomic E-state index is -0.313. The van der Waals surface area contributed by atoms with Crippen molar-refractivity contribution in [2.75, 3.05) is 7.05 Å². The highest BCUT2D eigenvalue weighted by atomic mass is 79.9. The first-order chi connectivity index (χ1) is 10.5.